The summed E-state index contributed by atoms with van der Waals surface area (Å²) in [7, 11) is 1.54. The molecule has 0 aliphatic carbocycles. The molecule has 36 heavy (non-hydrogen) atoms. The van der Waals surface area contributed by atoms with E-state index < -0.39 is 11.9 Å². The Hall–Kier alpha value is -4.38. The van der Waals surface area contributed by atoms with Gasteiger partial charge < -0.3 is 14.2 Å². The molecule has 0 aliphatic heterocycles. The van der Waals surface area contributed by atoms with Crippen LogP contribution in [0, 0.1) is 12.7 Å². The van der Waals surface area contributed by atoms with Crippen LogP contribution in [0.2, 0.25) is 0 Å². The number of methoxy groups -OCH3 is 1. The van der Waals surface area contributed by atoms with E-state index in [2.05, 4.69) is 25.3 Å². The monoisotopic (exact) mass is 505 g/mol. The summed E-state index contributed by atoms with van der Waals surface area (Å²) in [5.74, 6) is -0.0836. The van der Waals surface area contributed by atoms with Crippen LogP contribution in [0.15, 0.2) is 55.0 Å². The maximum absolute atomic E-state index is 14.7. The van der Waals surface area contributed by atoms with Crippen molar-refractivity contribution >= 4 is 44.4 Å². The molecule has 0 saturated carbocycles. The Morgan fingerprint density at radius 2 is 1.92 bits per heavy atom. The second-order valence-corrected chi connectivity index (χ2v) is 8.74. The van der Waals surface area contributed by atoms with Crippen molar-refractivity contribution in [3.63, 3.8) is 0 Å². The number of fused-ring (bicyclic) bond motifs is 2. The van der Waals surface area contributed by atoms with Crippen molar-refractivity contribution < 1.29 is 23.4 Å². The summed E-state index contributed by atoms with van der Waals surface area (Å²) >= 11 is 1.39. The number of thiazole rings is 1. The van der Waals surface area contributed by atoms with Gasteiger partial charge in [-0.2, -0.15) is 0 Å². The number of anilines is 1. The third-order valence-corrected chi connectivity index (χ3v) is 6.20. The van der Waals surface area contributed by atoms with Crippen LogP contribution in [0.25, 0.3) is 31.8 Å². The van der Waals surface area contributed by atoms with E-state index in [4.69, 9.17) is 14.2 Å². The summed E-state index contributed by atoms with van der Waals surface area (Å²) in [5.41, 5.74) is 4.22. The van der Waals surface area contributed by atoms with E-state index in [0.29, 0.717) is 33.1 Å². The molecule has 0 fully saturated rings. The van der Waals surface area contributed by atoms with Gasteiger partial charge in [0.1, 0.15) is 18.2 Å². The van der Waals surface area contributed by atoms with Gasteiger partial charge in [-0.25, -0.2) is 24.1 Å². The molecular weight excluding hydrogens is 485 g/mol. The molecule has 5 rings (SSSR count). The Bertz CT molecular complexity index is 1560. The largest absolute Gasteiger partial charge is 0.487 e. The molecule has 0 atom stereocenters. The fraction of sp³-hybridized carbons (Fsp3) is 0.160. The maximum atomic E-state index is 14.7. The first-order chi connectivity index (χ1) is 17.5. The molecule has 9 nitrogen and oxygen atoms in total. The lowest BCUT2D eigenvalue weighted by Gasteiger charge is -2.09. The molecule has 2 aromatic carbocycles. The van der Waals surface area contributed by atoms with Gasteiger partial charge in [0.15, 0.2) is 11.6 Å². The lowest BCUT2D eigenvalue weighted by atomic mass is 10.1. The van der Waals surface area contributed by atoms with Crippen LogP contribution in [0.1, 0.15) is 5.56 Å². The van der Waals surface area contributed by atoms with Gasteiger partial charge in [0, 0.05) is 35.8 Å². The standard InChI is InChI=1S/C25H20FN5O4S/c1-14-9-16(23-19(10-14)30-22(33-2)13-28-23)24-31-18-11-17(26)20(12-21(18)36-24)34-7-8-35-25(32)29-15-3-5-27-6-4-15/h3-6,9-13H,7-8H2,1-2H3,(H,27,29,32). The minimum absolute atomic E-state index is 0.0161. The molecule has 1 N–H and O–H groups in total. The topological polar surface area (TPSA) is 108 Å². The fourth-order valence-corrected chi connectivity index (χ4v) is 4.53. The lowest BCUT2D eigenvalue weighted by Crippen LogP contribution is -2.17. The minimum atomic E-state index is -0.640. The number of nitrogens with zero attached hydrogens (tertiary/aromatic N) is 4. The third kappa shape index (κ3) is 5.01. The molecule has 0 unspecified atom stereocenters. The number of pyridine rings is 1. The van der Waals surface area contributed by atoms with Gasteiger partial charge >= 0.3 is 6.09 Å². The molecule has 0 spiro atoms. The van der Waals surface area contributed by atoms with Gasteiger partial charge in [0.05, 0.1) is 34.6 Å². The van der Waals surface area contributed by atoms with Crippen LogP contribution < -0.4 is 14.8 Å². The number of ether oxygens (including phenoxy) is 3. The maximum Gasteiger partial charge on any atom is 0.411 e. The fourth-order valence-electron chi connectivity index (χ4n) is 3.54. The van der Waals surface area contributed by atoms with Gasteiger partial charge in [-0.1, -0.05) is 0 Å². The summed E-state index contributed by atoms with van der Waals surface area (Å²) < 4.78 is 31.2. The average molecular weight is 506 g/mol. The predicted octanol–water partition coefficient (Wildman–Crippen LogP) is 5.39. The molecule has 3 heterocycles. The van der Waals surface area contributed by atoms with E-state index in [1.807, 2.05) is 19.1 Å². The van der Waals surface area contributed by atoms with Gasteiger partial charge in [0.2, 0.25) is 5.88 Å². The summed E-state index contributed by atoms with van der Waals surface area (Å²) in [6.45, 7) is 1.89. The number of halogens is 1. The molecule has 0 aliphatic rings. The average Bonchev–Trinajstić information content (AvgIpc) is 3.28. The van der Waals surface area contributed by atoms with Crippen molar-refractivity contribution in [2.75, 3.05) is 25.6 Å². The van der Waals surface area contributed by atoms with E-state index in [1.165, 1.54) is 24.5 Å². The summed E-state index contributed by atoms with van der Waals surface area (Å²) in [6.07, 6.45) is 4.02. The Balaban J connectivity index is 1.31. The highest BCUT2D eigenvalue weighted by Crippen LogP contribution is 2.37. The normalized spacial score (nSPS) is 11.0. The van der Waals surface area contributed by atoms with Gasteiger partial charge in [0.25, 0.3) is 0 Å². The number of aromatic nitrogens is 4. The van der Waals surface area contributed by atoms with Crippen molar-refractivity contribution in [2.24, 2.45) is 0 Å². The van der Waals surface area contributed by atoms with E-state index in [-0.39, 0.29) is 19.0 Å². The highest BCUT2D eigenvalue weighted by molar-refractivity contribution is 7.21. The Kier molecular flexibility index (Phi) is 6.54. The molecule has 11 heteroatoms. The summed E-state index contributed by atoms with van der Waals surface area (Å²) in [4.78, 5) is 29.3. The zero-order valence-electron chi connectivity index (χ0n) is 19.3. The van der Waals surface area contributed by atoms with Crippen LogP contribution in [-0.4, -0.2) is 46.4 Å². The van der Waals surface area contributed by atoms with E-state index in [1.54, 1.807) is 36.8 Å². The minimum Gasteiger partial charge on any atom is -0.487 e. The third-order valence-electron chi connectivity index (χ3n) is 5.15. The number of hydrogen-bond acceptors (Lipinski definition) is 9. The molecular formula is C25H20FN5O4S. The second-order valence-electron chi connectivity index (χ2n) is 7.71. The number of hydrogen-bond donors (Lipinski definition) is 1. The highest BCUT2D eigenvalue weighted by Gasteiger charge is 2.16. The van der Waals surface area contributed by atoms with E-state index in [0.717, 1.165) is 15.8 Å². The number of nitrogens with one attached hydrogen (secondary N) is 1. The van der Waals surface area contributed by atoms with Crippen LogP contribution in [0.4, 0.5) is 14.9 Å². The van der Waals surface area contributed by atoms with Crippen molar-refractivity contribution in [2.45, 2.75) is 6.92 Å². The lowest BCUT2D eigenvalue weighted by molar-refractivity contribution is 0.136. The summed E-state index contributed by atoms with van der Waals surface area (Å²) in [5, 5.41) is 3.25. The second kappa shape index (κ2) is 10.1. The first-order valence-electron chi connectivity index (χ1n) is 10.9. The molecule has 0 bridgehead atoms. The number of rotatable bonds is 7. The van der Waals surface area contributed by atoms with Gasteiger partial charge in [-0.15, -0.1) is 11.3 Å². The number of carbonyl (C=O) groups is 1. The smallest absolute Gasteiger partial charge is 0.411 e. The van der Waals surface area contributed by atoms with Crippen molar-refractivity contribution in [3.8, 4) is 22.2 Å². The number of benzene rings is 2. The molecule has 3 aromatic heterocycles. The molecule has 1 amide bonds. The van der Waals surface area contributed by atoms with Crippen LogP contribution in [0.5, 0.6) is 11.6 Å². The van der Waals surface area contributed by atoms with Crippen LogP contribution in [-0.2, 0) is 4.74 Å². The van der Waals surface area contributed by atoms with Crippen molar-refractivity contribution in [3.05, 3.63) is 66.4 Å². The quantitative estimate of drug-likeness (QED) is 0.294. The summed E-state index contributed by atoms with van der Waals surface area (Å²) in [6, 6.07) is 10.1. The van der Waals surface area contributed by atoms with Crippen molar-refractivity contribution in [1.82, 2.24) is 19.9 Å². The van der Waals surface area contributed by atoms with Gasteiger partial charge in [-0.3, -0.25) is 10.3 Å². The van der Waals surface area contributed by atoms with Crippen LogP contribution in [0.3, 0.4) is 0 Å². The first-order valence-corrected chi connectivity index (χ1v) is 11.7. The number of aryl methyl sites for hydroxylation is 1. The Labute approximate surface area is 208 Å². The molecule has 5 aromatic rings. The van der Waals surface area contributed by atoms with Crippen molar-refractivity contribution in [1.29, 1.82) is 0 Å². The molecule has 0 saturated heterocycles. The molecule has 0 radical (unpaired) electrons. The first kappa shape index (κ1) is 23.4. The van der Waals surface area contributed by atoms with E-state index >= 15 is 0 Å². The zero-order valence-corrected chi connectivity index (χ0v) is 20.1. The van der Waals surface area contributed by atoms with Crippen LogP contribution >= 0.6 is 11.3 Å². The Morgan fingerprint density at radius 1 is 1.08 bits per heavy atom. The zero-order chi connectivity index (χ0) is 25.1. The molecule has 182 valence electrons. The Morgan fingerprint density at radius 3 is 2.72 bits per heavy atom. The van der Waals surface area contributed by atoms with Gasteiger partial charge in [-0.05, 0) is 36.8 Å². The number of carbonyl (C=O) groups excluding carboxylic acids is 1. The van der Waals surface area contributed by atoms with E-state index in [9.17, 15) is 9.18 Å². The highest BCUT2D eigenvalue weighted by atomic mass is 32.1. The predicted molar refractivity (Wildman–Crippen MR) is 134 cm³/mol. The number of amides is 1. The SMILES string of the molecule is COc1cnc2c(-c3nc4cc(F)c(OCCOC(=O)Nc5ccncc5)cc4s3)cc(C)cc2n1.